The maximum Gasteiger partial charge on any atom is 0.410 e. The molecule has 0 bridgehead atoms. The molecule has 1 unspecified atom stereocenters. The van der Waals surface area contributed by atoms with Gasteiger partial charge in [-0.05, 0) is 30.7 Å². The molecule has 0 saturated carbocycles. The topological polar surface area (TPSA) is 113 Å². The molecule has 9 heteroatoms. The Morgan fingerprint density at radius 1 is 1.42 bits per heavy atom. The molecule has 0 radical (unpaired) electrons. The summed E-state index contributed by atoms with van der Waals surface area (Å²) < 4.78 is 21.2. The van der Waals surface area contributed by atoms with Gasteiger partial charge in [-0.25, -0.2) is 0 Å². The summed E-state index contributed by atoms with van der Waals surface area (Å²) in [5.74, 6) is -1.41. The zero-order valence-electron chi connectivity index (χ0n) is 14.6. The van der Waals surface area contributed by atoms with Gasteiger partial charge in [0.15, 0.2) is 5.75 Å². The molecule has 1 rings (SSSR count). The summed E-state index contributed by atoms with van der Waals surface area (Å²) in [5, 5.41) is 21.3. The molecule has 1 heterocycles. The lowest BCUT2D eigenvalue weighted by molar-refractivity contribution is -0.391. The van der Waals surface area contributed by atoms with Gasteiger partial charge >= 0.3 is 5.82 Å². The quantitative estimate of drug-likeness (QED) is 0.391. The number of aromatic nitrogens is 1. The predicted molar refractivity (Wildman–Crippen MR) is 85.1 cm³/mol. The summed E-state index contributed by atoms with van der Waals surface area (Å²) in [7, 11) is 2.96. The van der Waals surface area contributed by atoms with Crippen LogP contribution < -0.4 is 4.74 Å². The molecule has 1 N–H and O–H groups in total. The maximum absolute atomic E-state index is 11.2. The van der Waals surface area contributed by atoms with Crippen molar-refractivity contribution in [1.29, 1.82) is 0 Å². The summed E-state index contributed by atoms with van der Waals surface area (Å²) in [5.41, 5.74) is -0.574. The van der Waals surface area contributed by atoms with Crippen LogP contribution in [0.15, 0.2) is 6.07 Å². The first-order valence-corrected chi connectivity index (χ1v) is 7.46. The smallest absolute Gasteiger partial charge is 0.410 e. The van der Waals surface area contributed by atoms with E-state index in [4.69, 9.17) is 18.9 Å². The van der Waals surface area contributed by atoms with E-state index in [1.165, 1.54) is 13.2 Å². The van der Waals surface area contributed by atoms with Crippen LogP contribution in [0.2, 0.25) is 0 Å². The van der Waals surface area contributed by atoms with Gasteiger partial charge in [-0.1, -0.05) is 0 Å². The van der Waals surface area contributed by atoms with E-state index in [0.717, 1.165) is 0 Å². The molecule has 0 aliphatic rings. The summed E-state index contributed by atoms with van der Waals surface area (Å²) in [4.78, 5) is 14.2. The van der Waals surface area contributed by atoms with Crippen LogP contribution in [0.5, 0.6) is 11.5 Å². The van der Waals surface area contributed by atoms with E-state index in [2.05, 4.69) is 4.98 Å². The molecule has 0 amide bonds. The third-order valence-electron chi connectivity index (χ3n) is 3.20. The monoisotopic (exact) mass is 344 g/mol. The second-order valence-electron chi connectivity index (χ2n) is 5.60. The van der Waals surface area contributed by atoms with Crippen LogP contribution in [0.4, 0.5) is 5.82 Å². The average Bonchev–Trinajstić information content (AvgIpc) is 2.52. The van der Waals surface area contributed by atoms with Crippen molar-refractivity contribution in [3.8, 4) is 11.5 Å². The van der Waals surface area contributed by atoms with Crippen LogP contribution in [0.25, 0.3) is 0 Å². The number of hydrogen-bond donors (Lipinski definition) is 1. The van der Waals surface area contributed by atoms with Gasteiger partial charge in [0.05, 0.1) is 0 Å². The van der Waals surface area contributed by atoms with Gasteiger partial charge in [0, 0.05) is 39.9 Å². The number of ether oxygens (including phenoxy) is 4. The highest BCUT2D eigenvalue weighted by Gasteiger charge is 2.31. The number of methoxy groups -OCH3 is 2. The van der Waals surface area contributed by atoms with Gasteiger partial charge in [0.2, 0.25) is 12.0 Å². The molecule has 9 nitrogen and oxygen atoms in total. The molecule has 136 valence electrons. The van der Waals surface area contributed by atoms with Crippen LogP contribution in [0, 0.1) is 10.1 Å². The summed E-state index contributed by atoms with van der Waals surface area (Å²) in [6, 6.07) is 1.38. The SMILES string of the molecule is CCOC(OC)c1cc(OC(C)(C)CCOC)c(O)c([N+](=O)[O-])n1. The van der Waals surface area contributed by atoms with E-state index in [1.807, 2.05) is 0 Å². The highest BCUT2D eigenvalue weighted by atomic mass is 16.7. The van der Waals surface area contributed by atoms with Crippen molar-refractivity contribution < 1.29 is 29.0 Å². The minimum Gasteiger partial charge on any atom is -0.498 e. The van der Waals surface area contributed by atoms with Crippen LogP contribution in [0.3, 0.4) is 0 Å². The van der Waals surface area contributed by atoms with E-state index >= 15 is 0 Å². The molecule has 1 aromatic heterocycles. The minimum absolute atomic E-state index is 0.0606. The number of aromatic hydroxyl groups is 1. The Bertz CT molecular complexity index is 563. The Morgan fingerprint density at radius 3 is 2.58 bits per heavy atom. The van der Waals surface area contributed by atoms with E-state index in [9.17, 15) is 15.2 Å². The average molecular weight is 344 g/mol. The Hall–Kier alpha value is -1.97. The van der Waals surface area contributed by atoms with E-state index in [1.54, 1.807) is 27.9 Å². The molecule has 0 aliphatic carbocycles. The molecule has 0 aromatic carbocycles. The van der Waals surface area contributed by atoms with Gasteiger partial charge in [0.25, 0.3) is 5.75 Å². The van der Waals surface area contributed by atoms with E-state index in [-0.39, 0.29) is 11.4 Å². The van der Waals surface area contributed by atoms with Crippen molar-refractivity contribution in [2.45, 2.75) is 39.1 Å². The van der Waals surface area contributed by atoms with Gasteiger partial charge in [-0.3, -0.25) is 0 Å². The predicted octanol–water partition coefficient (Wildman–Crippen LogP) is 2.57. The van der Waals surface area contributed by atoms with Crippen LogP contribution in [-0.2, 0) is 14.2 Å². The van der Waals surface area contributed by atoms with Crippen molar-refractivity contribution in [1.82, 2.24) is 4.98 Å². The summed E-state index contributed by atoms with van der Waals surface area (Å²) in [6.07, 6.45) is -0.383. The highest BCUT2D eigenvalue weighted by Crippen LogP contribution is 2.39. The van der Waals surface area contributed by atoms with Gasteiger partial charge < -0.3 is 34.2 Å². The number of hydrogen-bond acceptors (Lipinski definition) is 8. The lowest BCUT2D eigenvalue weighted by atomic mass is 10.1. The summed E-state index contributed by atoms with van der Waals surface area (Å²) >= 11 is 0. The molecule has 1 atom stereocenters. The molecule has 24 heavy (non-hydrogen) atoms. The first-order chi connectivity index (χ1) is 11.3. The van der Waals surface area contributed by atoms with Crippen LogP contribution in [-0.4, -0.2) is 48.0 Å². The zero-order valence-corrected chi connectivity index (χ0v) is 14.6. The lowest BCUT2D eigenvalue weighted by Crippen LogP contribution is -2.30. The number of pyridine rings is 1. The van der Waals surface area contributed by atoms with Gasteiger partial charge in [-0.15, -0.1) is 0 Å². The Morgan fingerprint density at radius 2 is 2.08 bits per heavy atom. The lowest BCUT2D eigenvalue weighted by Gasteiger charge is -2.26. The van der Waals surface area contributed by atoms with Crippen molar-refractivity contribution in [3.05, 3.63) is 21.9 Å². The fourth-order valence-corrected chi connectivity index (χ4v) is 1.97. The first kappa shape index (κ1) is 20.1. The van der Waals surface area contributed by atoms with Crippen molar-refractivity contribution in [2.24, 2.45) is 0 Å². The number of rotatable bonds is 10. The minimum atomic E-state index is -0.904. The third kappa shape index (κ3) is 5.29. The molecule has 0 fully saturated rings. The second-order valence-corrected chi connectivity index (χ2v) is 5.60. The number of nitrogens with zero attached hydrogens (tertiary/aromatic N) is 2. The maximum atomic E-state index is 11.2. The standard InChI is InChI=1S/C15H24N2O7/c1-6-23-14(22-5)10-9-11(12(18)13(16-10)17(19)20)24-15(2,3)7-8-21-4/h9,14,18H,6-8H2,1-5H3. The molecular weight excluding hydrogens is 320 g/mol. The van der Waals surface area contributed by atoms with Crippen LogP contribution >= 0.6 is 0 Å². The Balaban J connectivity index is 3.27. The largest absolute Gasteiger partial charge is 0.498 e. The first-order valence-electron chi connectivity index (χ1n) is 7.46. The van der Waals surface area contributed by atoms with Crippen molar-refractivity contribution in [3.63, 3.8) is 0 Å². The molecule has 0 spiro atoms. The van der Waals surface area contributed by atoms with Crippen LogP contribution in [0.1, 0.15) is 39.2 Å². The van der Waals surface area contributed by atoms with Gasteiger partial charge in [0.1, 0.15) is 5.60 Å². The van der Waals surface area contributed by atoms with Crippen molar-refractivity contribution in [2.75, 3.05) is 27.4 Å². The second kappa shape index (κ2) is 8.76. The molecule has 0 saturated heterocycles. The fourth-order valence-electron chi connectivity index (χ4n) is 1.97. The Labute approximate surface area is 140 Å². The molecular formula is C15H24N2O7. The molecule has 1 aromatic rings. The van der Waals surface area contributed by atoms with E-state index in [0.29, 0.717) is 19.6 Å². The normalized spacial score (nSPS) is 12.9. The Kier molecular flexibility index (Phi) is 7.33. The third-order valence-corrected chi connectivity index (χ3v) is 3.20. The van der Waals surface area contributed by atoms with Crippen molar-refractivity contribution >= 4 is 5.82 Å². The number of nitro groups is 1. The zero-order chi connectivity index (χ0) is 18.3. The van der Waals surface area contributed by atoms with E-state index < -0.39 is 28.4 Å². The highest BCUT2D eigenvalue weighted by molar-refractivity contribution is 5.51. The van der Waals surface area contributed by atoms with Gasteiger partial charge in [-0.2, -0.15) is 0 Å². The molecule has 0 aliphatic heterocycles. The summed E-state index contributed by atoms with van der Waals surface area (Å²) in [6.45, 7) is 6.09. The fraction of sp³-hybridized carbons (Fsp3) is 0.667.